The van der Waals surface area contributed by atoms with Gasteiger partial charge in [-0.2, -0.15) is 0 Å². The van der Waals surface area contributed by atoms with Gasteiger partial charge in [-0.15, -0.1) is 0 Å². The Kier molecular flexibility index (Phi) is 1.77. The summed E-state index contributed by atoms with van der Waals surface area (Å²) in [5, 5.41) is 8.12. The minimum Gasteiger partial charge on any atom is -0.481 e. The molecule has 0 radical (unpaired) electrons. The summed E-state index contributed by atoms with van der Waals surface area (Å²) in [6.07, 6.45) is -2.42. The minimum absolute atomic E-state index is 0.0829. The van der Waals surface area contributed by atoms with Gasteiger partial charge in [0.1, 0.15) is 0 Å². The number of carbonyl (C=O) groups is 1. The Balaban J connectivity index is 3.72. The molecule has 0 saturated carbocycles. The molecule has 0 aliphatic rings. The molecule has 0 aromatic rings. The molecule has 42 valence electrons. The summed E-state index contributed by atoms with van der Waals surface area (Å²) in [6, 6.07) is 0. The molecular weight excluding hydrogens is 94.0 g/mol. The predicted molar refractivity (Wildman–Crippen MR) is 25.9 cm³/mol. The molecule has 0 fully saturated rings. The lowest BCUT2D eigenvalue weighted by molar-refractivity contribution is -0.137. The highest BCUT2D eigenvalue weighted by atomic mass is 16.4. The van der Waals surface area contributed by atoms with Crippen LogP contribution in [-0.4, -0.2) is 17.6 Å². The van der Waals surface area contributed by atoms with Crippen molar-refractivity contribution in [1.82, 2.24) is 0 Å². The smallest absolute Gasteiger partial charge is 0.303 e. The van der Waals surface area contributed by atoms with Gasteiger partial charge in [-0.1, -0.05) is 0 Å². The van der Waals surface area contributed by atoms with Crippen molar-refractivity contribution in [3.05, 3.63) is 0 Å². The zero-order chi connectivity index (χ0) is 7.44. The highest BCUT2D eigenvalue weighted by Crippen LogP contribution is 1.82. The standard InChI is InChI=1S/C4H9NO2/c5-3-1-2-4(6)7/h1-3,5H2,(H,6,7)/i1T,2T. The monoisotopic (exact) mass is 107 g/mol. The first-order valence-electron chi connectivity index (χ1n) is 3.02. The van der Waals surface area contributed by atoms with Crippen LogP contribution >= 0.6 is 0 Å². The van der Waals surface area contributed by atoms with Crippen molar-refractivity contribution < 1.29 is 12.6 Å². The number of hydrogen-bond donors (Lipinski definition) is 2. The summed E-state index contributed by atoms with van der Waals surface area (Å²) < 4.78 is 13.6. The summed E-state index contributed by atoms with van der Waals surface area (Å²) in [5.41, 5.74) is 4.94. The van der Waals surface area contributed by atoms with Crippen LogP contribution in [0.4, 0.5) is 0 Å². The molecule has 0 amide bonds. The lowest BCUT2D eigenvalue weighted by Gasteiger charge is -1.86. The molecule has 0 aliphatic carbocycles. The molecule has 2 atom stereocenters. The summed E-state index contributed by atoms with van der Waals surface area (Å²) in [4.78, 5) is 9.94. The average Bonchev–Trinajstić information content (AvgIpc) is 1.84. The van der Waals surface area contributed by atoms with Crippen molar-refractivity contribution in [2.24, 2.45) is 5.73 Å². The van der Waals surface area contributed by atoms with Gasteiger partial charge in [-0.3, -0.25) is 4.79 Å². The highest BCUT2D eigenvalue weighted by Gasteiger charge is 1.91. The van der Waals surface area contributed by atoms with Crippen LogP contribution in [0.25, 0.3) is 0 Å². The van der Waals surface area contributed by atoms with E-state index in [1.54, 1.807) is 0 Å². The fourth-order valence-electron chi connectivity index (χ4n) is 0.169. The lowest BCUT2D eigenvalue weighted by atomic mass is 10.3. The van der Waals surface area contributed by atoms with Crippen LogP contribution in [0.15, 0.2) is 0 Å². The minimum atomic E-state index is -1.41. The Labute approximate surface area is 44.9 Å². The van der Waals surface area contributed by atoms with Crippen LogP contribution in [0.3, 0.4) is 0 Å². The molecule has 0 bridgehead atoms. The maximum Gasteiger partial charge on any atom is 0.303 e. The summed E-state index contributed by atoms with van der Waals surface area (Å²) in [5.74, 6) is -1.29. The van der Waals surface area contributed by atoms with Crippen LogP contribution in [0.2, 0.25) is 0 Å². The van der Waals surface area contributed by atoms with Crippen molar-refractivity contribution >= 4 is 5.97 Å². The first kappa shape index (κ1) is 3.43. The van der Waals surface area contributed by atoms with E-state index in [1.165, 1.54) is 0 Å². The van der Waals surface area contributed by atoms with Gasteiger partial charge in [0, 0.05) is 9.14 Å². The number of carboxylic acid groups (broad SMARTS) is 1. The summed E-state index contributed by atoms with van der Waals surface area (Å²) in [7, 11) is 0. The fraction of sp³-hybridized carbons (Fsp3) is 0.750. The van der Waals surface area contributed by atoms with Crippen molar-refractivity contribution in [1.29, 1.82) is 0 Å². The van der Waals surface area contributed by atoms with Crippen molar-refractivity contribution in [2.45, 2.75) is 12.8 Å². The largest absolute Gasteiger partial charge is 0.481 e. The first-order chi connectivity index (χ1) is 4.09. The number of carboxylic acids is 1. The molecule has 7 heavy (non-hydrogen) atoms. The summed E-state index contributed by atoms with van der Waals surface area (Å²) >= 11 is 0. The predicted octanol–water partition coefficient (Wildman–Crippen LogP) is -0.190. The van der Waals surface area contributed by atoms with E-state index in [9.17, 15) is 4.79 Å². The molecule has 0 aromatic heterocycles. The molecule has 0 saturated heterocycles. The Morgan fingerprint density at radius 2 is 2.57 bits per heavy atom. The second-order valence-electron chi connectivity index (χ2n) is 0.976. The Morgan fingerprint density at radius 3 is 2.71 bits per heavy atom. The van der Waals surface area contributed by atoms with Gasteiger partial charge in [0.05, 0.1) is 0 Å². The van der Waals surface area contributed by atoms with Crippen molar-refractivity contribution in [2.75, 3.05) is 6.54 Å². The third kappa shape index (κ3) is 5.43. The highest BCUT2D eigenvalue weighted by molar-refractivity contribution is 5.66. The van der Waals surface area contributed by atoms with Crippen LogP contribution in [0.5, 0.6) is 0 Å². The summed E-state index contributed by atoms with van der Waals surface area (Å²) in [6.45, 7) is -0.0829. The number of rotatable bonds is 3. The maximum atomic E-state index is 9.94. The lowest BCUT2D eigenvalue weighted by Crippen LogP contribution is -2.02. The van der Waals surface area contributed by atoms with Gasteiger partial charge in [-0.25, -0.2) is 0 Å². The number of hydrogen-bond acceptors (Lipinski definition) is 2. The van der Waals surface area contributed by atoms with E-state index in [0.29, 0.717) is 0 Å². The van der Waals surface area contributed by atoms with E-state index >= 15 is 0 Å². The van der Waals surface area contributed by atoms with E-state index in [4.69, 9.17) is 13.6 Å². The molecular formula is C4H9NO2. The van der Waals surface area contributed by atoms with Gasteiger partial charge >= 0.3 is 5.97 Å². The molecule has 0 rings (SSSR count). The zero-order valence-electron chi connectivity index (χ0n) is 5.79. The van der Waals surface area contributed by atoms with Crippen LogP contribution in [-0.2, 0) is 4.79 Å². The van der Waals surface area contributed by atoms with Gasteiger partial charge < -0.3 is 10.8 Å². The molecule has 0 heterocycles. The zero-order valence-corrected chi connectivity index (χ0v) is 3.79. The topological polar surface area (TPSA) is 63.3 Å². The van der Waals surface area contributed by atoms with Crippen molar-refractivity contribution in [3.63, 3.8) is 0 Å². The molecule has 0 aromatic carbocycles. The number of aliphatic carboxylic acids is 1. The van der Waals surface area contributed by atoms with Crippen LogP contribution in [0.1, 0.15) is 15.5 Å². The van der Waals surface area contributed by atoms with Crippen molar-refractivity contribution in [3.8, 4) is 0 Å². The quantitative estimate of drug-likeness (QED) is 0.525. The fourth-order valence-corrected chi connectivity index (χ4v) is 0.169. The molecule has 3 N–H and O–H groups in total. The molecule has 3 heteroatoms. The van der Waals surface area contributed by atoms with Gasteiger partial charge in [0.15, 0.2) is 0 Å². The molecule has 3 nitrogen and oxygen atoms in total. The average molecular weight is 107 g/mol. The molecule has 2 unspecified atom stereocenters. The second kappa shape index (κ2) is 3.61. The van der Waals surface area contributed by atoms with Crippen LogP contribution in [0, 0.1) is 0 Å². The number of nitrogens with two attached hydrogens (primary N) is 1. The van der Waals surface area contributed by atoms with E-state index in [1.807, 2.05) is 0 Å². The van der Waals surface area contributed by atoms with Crippen LogP contribution < -0.4 is 5.73 Å². The third-order valence-electron chi connectivity index (χ3n) is 0.397. The second-order valence-corrected chi connectivity index (χ2v) is 0.976. The SMILES string of the molecule is [3H]C(CN)C([3H])C(=O)O. The first-order valence-corrected chi connectivity index (χ1v) is 1.87. The molecule has 0 aliphatic heterocycles. The van der Waals surface area contributed by atoms with Gasteiger partial charge in [0.25, 0.3) is 0 Å². The van der Waals surface area contributed by atoms with E-state index in [0.717, 1.165) is 0 Å². The normalized spacial score (nSPS) is 21.9. The van der Waals surface area contributed by atoms with E-state index in [-0.39, 0.29) is 6.54 Å². The van der Waals surface area contributed by atoms with E-state index < -0.39 is 18.8 Å². The Bertz CT molecular complexity index is 109. The Hall–Kier alpha value is -0.570. The maximum absolute atomic E-state index is 9.94. The third-order valence-corrected chi connectivity index (χ3v) is 0.397. The van der Waals surface area contributed by atoms with E-state index in [2.05, 4.69) is 0 Å². The molecule has 0 spiro atoms. The van der Waals surface area contributed by atoms with Gasteiger partial charge in [0.2, 0.25) is 0 Å². The van der Waals surface area contributed by atoms with Gasteiger partial charge in [-0.05, 0) is 12.9 Å². The Morgan fingerprint density at radius 1 is 2.00 bits per heavy atom.